The smallest absolute Gasteiger partial charge is 0.146 e. The SMILES string of the molecule is COCO[C@@H]1[C@H](OCOC)[C@@H](CO)C[C@H](Br)[C@H]1OCOC. The number of hydrogen-bond acceptors (Lipinski definition) is 7. The fourth-order valence-corrected chi connectivity index (χ4v) is 3.39. The van der Waals surface area contributed by atoms with Crippen molar-refractivity contribution in [3.05, 3.63) is 0 Å². The molecule has 0 spiro atoms. The molecule has 1 aliphatic carbocycles. The summed E-state index contributed by atoms with van der Waals surface area (Å²) in [7, 11) is 4.66. The van der Waals surface area contributed by atoms with Gasteiger partial charge in [-0.1, -0.05) is 15.9 Å². The summed E-state index contributed by atoms with van der Waals surface area (Å²) in [5, 5.41) is 9.59. The van der Waals surface area contributed by atoms with E-state index in [0.717, 1.165) is 0 Å². The van der Waals surface area contributed by atoms with Crippen molar-refractivity contribution >= 4 is 15.9 Å². The van der Waals surface area contributed by atoms with Gasteiger partial charge in [-0.05, 0) is 6.42 Å². The van der Waals surface area contributed by atoms with Crippen molar-refractivity contribution < 1.29 is 33.5 Å². The van der Waals surface area contributed by atoms with Crippen molar-refractivity contribution in [1.29, 1.82) is 0 Å². The van der Waals surface area contributed by atoms with Crippen LogP contribution in [0.5, 0.6) is 0 Å². The molecule has 0 amide bonds. The van der Waals surface area contributed by atoms with Crippen LogP contribution in [0.2, 0.25) is 0 Å². The zero-order chi connectivity index (χ0) is 15.7. The van der Waals surface area contributed by atoms with Crippen LogP contribution in [-0.4, -0.2) is 76.6 Å². The summed E-state index contributed by atoms with van der Waals surface area (Å²) in [5.41, 5.74) is 0. The van der Waals surface area contributed by atoms with Crippen molar-refractivity contribution in [2.24, 2.45) is 5.92 Å². The molecule has 0 saturated heterocycles. The van der Waals surface area contributed by atoms with E-state index >= 15 is 0 Å². The maximum absolute atomic E-state index is 9.59. The lowest BCUT2D eigenvalue weighted by Gasteiger charge is -2.43. The average molecular weight is 373 g/mol. The van der Waals surface area contributed by atoms with Crippen LogP contribution >= 0.6 is 15.9 Å². The van der Waals surface area contributed by atoms with Gasteiger partial charge in [-0.15, -0.1) is 0 Å². The van der Waals surface area contributed by atoms with E-state index in [2.05, 4.69) is 15.9 Å². The van der Waals surface area contributed by atoms with Crippen molar-refractivity contribution in [3.63, 3.8) is 0 Å². The first kappa shape index (κ1) is 19.2. The maximum atomic E-state index is 9.59. The van der Waals surface area contributed by atoms with Crippen LogP contribution in [0.25, 0.3) is 0 Å². The molecular formula is C13H25BrO7. The number of ether oxygens (including phenoxy) is 6. The van der Waals surface area contributed by atoms with Gasteiger partial charge in [0.1, 0.15) is 32.6 Å². The molecule has 0 aromatic heterocycles. The van der Waals surface area contributed by atoms with Crippen molar-refractivity contribution in [2.75, 3.05) is 48.3 Å². The predicted molar refractivity (Wildman–Crippen MR) is 78.2 cm³/mol. The summed E-state index contributed by atoms with van der Waals surface area (Å²) < 4.78 is 32.1. The van der Waals surface area contributed by atoms with E-state index in [1.807, 2.05) is 0 Å². The van der Waals surface area contributed by atoms with Gasteiger partial charge < -0.3 is 33.5 Å². The molecule has 1 aliphatic rings. The lowest BCUT2D eigenvalue weighted by Crippen LogP contribution is -2.56. The van der Waals surface area contributed by atoms with Crippen LogP contribution < -0.4 is 0 Å². The van der Waals surface area contributed by atoms with E-state index in [0.29, 0.717) is 6.42 Å². The molecule has 21 heavy (non-hydrogen) atoms. The van der Waals surface area contributed by atoms with Gasteiger partial charge >= 0.3 is 0 Å². The summed E-state index contributed by atoms with van der Waals surface area (Å²) in [6.07, 6.45) is -0.317. The van der Waals surface area contributed by atoms with Gasteiger partial charge in [0.25, 0.3) is 0 Å². The van der Waals surface area contributed by atoms with Crippen molar-refractivity contribution in [2.45, 2.75) is 29.6 Å². The van der Waals surface area contributed by atoms with Crippen LogP contribution in [-0.2, 0) is 28.4 Å². The number of alkyl halides is 1. The van der Waals surface area contributed by atoms with Crippen LogP contribution in [0, 0.1) is 5.92 Å². The van der Waals surface area contributed by atoms with Gasteiger partial charge in [0.15, 0.2) is 0 Å². The highest BCUT2D eigenvalue weighted by atomic mass is 79.9. The molecule has 1 saturated carbocycles. The third-order valence-electron chi connectivity index (χ3n) is 3.37. The lowest BCUT2D eigenvalue weighted by molar-refractivity contribution is -0.233. The van der Waals surface area contributed by atoms with Crippen molar-refractivity contribution in [1.82, 2.24) is 0 Å². The fourth-order valence-electron chi connectivity index (χ4n) is 2.46. The Morgan fingerprint density at radius 1 is 0.857 bits per heavy atom. The number of halogens is 1. The Morgan fingerprint density at radius 2 is 1.33 bits per heavy atom. The maximum Gasteiger partial charge on any atom is 0.146 e. The van der Waals surface area contributed by atoms with Gasteiger partial charge in [0.05, 0.1) is 6.10 Å². The quantitative estimate of drug-likeness (QED) is 0.447. The molecule has 0 heterocycles. The van der Waals surface area contributed by atoms with E-state index in [9.17, 15) is 5.11 Å². The van der Waals surface area contributed by atoms with Gasteiger partial charge in [0, 0.05) is 38.7 Å². The van der Waals surface area contributed by atoms with Crippen LogP contribution in [0.4, 0.5) is 0 Å². The number of hydrogen-bond donors (Lipinski definition) is 1. The molecule has 0 aliphatic heterocycles. The Bertz CT molecular complexity index is 269. The molecule has 1 N–H and O–H groups in total. The van der Waals surface area contributed by atoms with Gasteiger partial charge in [-0.3, -0.25) is 0 Å². The van der Waals surface area contributed by atoms with E-state index in [1.54, 1.807) is 21.3 Å². The fraction of sp³-hybridized carbons (Fsp3) is 1.00. The Kier molecular flexibility index (Phi) is 9.94. The zero-order valence-electron chi connectivity index (χ0n) is 12.7. The third kappa shape index (κ3) is 5.72. The molecule has 5 atom stereocenters. The second-order valence-corrected chi connectivity index (χ2v) is 5.98. The predicted octanol–water partition coefficient (Wildman–Crippen LogP) is 0.729. The summed E-state index contributed by atoms with van der Waals surface area (Å²) in [4.78, 5) is 0.0223. The second-order valence-electron chi connectivity index (χ2n) is 4.81. The first-order valence-electron chi connectivity index (χ1n) is 6.76. The summed E-state index contributed by atoms with van der Waals surface area (Å²) in [5.74, 6) is -0.0752. The van der Waals surface area contributed by atoms with Crippen LogP contribution in [0.3, 0.4) is 0 Å². The van der Waals surface area contributed by atoms with Gasteiger partial charge in [-0.2, -0.15) is 0 Å². The molecule has 0 radical (unpaired) electrons. The molecule has 1 rings (SSSR count). The first-order chi connectivity index (χ1) is 10.2. The second kappa shape index (κ2) is 10.8. The highest BCUT2D eigenvalue weighted by Crippen LogP contribution is 2.35. The standard InChI is InChI=1S/C13H25BrO7/c1-16-6-19-11-9(5-15)4-10(14)12(20-7-17-2)13(11)21-8-18-3/h9-13,15H,4-8H2,1-3H3/t9-,10+,11-,12-,13-/m1/s1. The molecular weight excluding hydrogens is 348 g/mol. The van der Waals surface area contributed by atoms with Crippen LogP contribution in [0.1, 0.15) is 6.42 Å². The number of aliphatic hydroxyl groups excluding tert-OH is 1. The average Bonchev–Trinajstić information content (AvgIpc) is 2.50. The molecule has 126 valence electrons. The number of rotatable bonds is 10. The molecule has 0 bridgehead atoms. The topological polar surface area (TPSA) is 75.6 Å². The normalized spacial score (nSPS) is 33.3. The molecule has 0 unspecified atom stereocenters. The molecule has 8 heteroatoms. The van der Waals surface area contributed by atoms with E-state index in [-0.39, 0.29) is 49.9 Å². The lowest BCUT2D eigenvalue weighted by atomic mass is 9.82. The Labute approximate surface area is 133 Å². The monoisotopic (exact) mass is 372 g/mol. The van der Waals surface area contributed by atoms with E-state index in [4.69, 9.17) is 28.4 Å². The summed E-state index contributed by atoms with van der Waals surface area (Å²) >= 11 is 3.59. The minimum atomic E-state index is -0.398. The Hall–Kier alpha value is 0.200. The molecule has 0 aromatic rings. The Morgan fingerprint density at radius 3 is 1.81 bits per heavy atom. The summed E-state index contributed by atoms with van der Waals surface area (Å²) in [6, 6.07) is 0. The van der Waals surface area contributed by atoms with Gasteiger partial charge in [0.2, 0.25) is 0 Å². The minimum absolute atomic E-state index is 0.000318. The Balaban J connectivity index is 2.83. The zero-order valence-corrected chi connectivity index (χ0v) is 14.3. The van der Waals surface area contributed by atoms with Crippen molar-refractivity contribution in [3.8, 4) is 0 Å². The first-order valence-corrected chi connectivity index (χ1v) is 7.67. The minimum Gasteiger partial charge on any atom is -0.396 e. The largest absolute Gasteiger partial charge is 0.396 e. The summed E-state index contributed by atoms with van der Waals surface area (Å²) in [6.45, 7) is 0.390. The third-order valence-corrected chi connectivity index (χ3v) is 4.26. The molecule has 7 nitrogen and oxygen atoms in total. The highest BCUT2D eigenvalue weighted by molar-refractivity contribution is 9.09. The van der Waals surface area contributed by atoms with Gasteiger partial charge in [-0.25, -0.2) is 0 Å². The van der Waals surface area contributed by atoms with E-state index < -0.39 is 6.10 Å². The highest BCUT2D eigenvalue weighted by Gasteiger charge is 2.46. The van der Waals surface area contributed by atoms with E-state index in [1.165, 1.54) is 0 Å². The molecule has 1 fully saturated rings. The van der Waals surface area contributed by atoms with Crippen LogP contribution in [0.15, 0.2) is 0 Å². The number of aliphatic hydroxyl groups is 1. The number of methoxy groups -OCH3 is 3. The molecule has 0 aromatic carbocycles.